The van der Waals surface area contributed by atoms with Gasteiger partial charge in [-0.1, -0.05) is 18.2 Å². The molecular weight excluding hydrogens is 350 g/mol. The van der Waals surface area contributed by atoms with Crippen LogP contribution >= 0.6 is 0 Å². The number of rotatable bonds is 7. The Morgan fingerprint density at radius 2 is 1.59 bits per heavy atom. The lowest BCUT2D eigenvalue weighted by Gasteiger charge is -2.29. The van der Waals surface area contributed by atoms with Crippen molar-refractivity contribution in [3.05, 3.63) is 52.6 Å². The van der Waals surface area contributed by atoms with Gasteiger partial charge in [0.15, 0.2) is 0 Å². The zero-order valence-electron chi connectivity index (χ0n) is 16.0. The Bertz CT molecular complexity index is 740. The summed E-state index contributed by atoms with van der Waals surface area (Å²) >= 11 is 0. The quantitative estimate of drug-likeness (QED) is 0.732. The second-order valence-corrected chi connectivity index (χ2v) is 5.69. The predicted molar refractivity (Wildman–Crippen MR) is 98.6 cm³/mol. The van der Waals surface area contributed by atoms with Crippen LogP contribution < -0.4 is 10.5 Å². The first-order valence-electron chi connectivity index (χ1n) is 8.90. The average Bonchev–Trinajstić information content (AvgIpc) is 2.62. The molecule has 2 rings (SSSR count). The monoisotopic (exact) mass is 375 g/mol. The Hall–Kier alpha value is -2.96. The number of hydrogen-bond acceptors (Lipinski definition) is 7. The molecule has 1 heterocycles. The lowest BCUT2D eigenvalue weighted by Crippen LogP contribution is -2.30. The van der Waals surface area contributed by atoms with Crippen LogP contribution in [0.1, 0.15) is 39.2 Å². The van der Waals surface area contributed by atoms with Gasteiger partial charge in [-0.15, -0.1) is 0 Å². The third-order valence-corrected chi connectivity index (χ3v) is 4.01. The second-order valence-electron chi connectivity index (χ2n) is 5.69. The fraction of sp³-hybridized carbons (Fsp3) is 0.400. The van der Waals surface area contributed by atoms with Crippen molar-refractivity contribution in [2.45, 2.75) is 33.6 Å². The van der Waals surface area contributed by atoms with Gasteiger partial charge in [0.25, 0.3) is 0 Å². The summed E-state index contributed by atoms with van der Waals surface area (Å²) in [6.07, 6.45) is 0. The van der Waals surface area contributed by atoms with Crippen LogP contribution in [0.5, 0.6) is 5.75 Å². The van der Waals surface area contributed by atoms with Gasteiger partial charge in [-0.05, 0) is 33.8 Å². The van der Waals surface area contributed by atoms with E-state index in [4.69, 9.17) is 24.7 Å². The molecule has 0 bridgehead atoms. The topological polar surface area (TPSA) is 97.1 Å². The summed E-state index contributed by atoms with van der Waals surface area (Å²) in [6, 6.07) is 7.15. The van der Waals surface area contributed by atoms with Gasteiger partial charge in [0.05, 0.1) is 31.3 Å². The van der Waals surface area contributed by atoms with Crippen LogP contribution in [0, 0.1) is 0 Å². The molecule has 1 aliphatic heterocycles. The molecule has 2 N–H and O–H groups in total. The lowest BCUT2D eigenvalue weighted by molar-refractivity contribution is -0.140. The second kappa shape index (κ2) is 9.12. The van der Waals surface area contributed by atoms with Crippen molar-refractivity contribution in [1.82, 2.24) is 0 Å². The highest BCUT2D eigenvalue weighted by atomic mass is 16.5. The lowest BCUT2D eigenvalue weighted by atomic mass is 9.82. The highest BCUT2D eigenvalue weighted by molar-refractivity contribution is 5.99. The van der Waals surface area contributed by atoms with E-state index in [9.17, 15) is 9.59 Å². The molecule has 27 heavy (non-hydrogen) atoms. The number of ether oxygens (including phenoxy) is 4. The van der Waals surface area contributed by atoms with Crippen LogP contribution in [0.4, 0.5) is 0 Å². The summed E-state index contributed by atoms with van der Waals surface area (Å²) in [5, 5.41) is 0. The molecule has 1 aromatic carbocycles. The molecule has 0 unspecified atom stereocenters. The van der Waals surface area contributed by atoms with Crippen molar-refractivity contribution in [2.75, 3.05) is 19.8 Å². The summed E-state index contributed by atoms with van der Waals surface area (Å²) in [6.45, 7) is 7.62. The maximum absolute atomic E-state index is 12.7. The smallest absolute Gasteiger partial charge is 0.340 e. The third-order valence-electron chi connectivity index (χ3n) is 4.01. The molecule has 0 amide bonds. The van der Waals surface area contributed by atoms with Crippen molar-refractivity contribution in [3.63, 3.8) is 0 Å². The maximum atomic E-state index is 12.7. The highest BCUT2D eigenvalue weighted by Crippen LogP contribution is 2.43. The number of carbonyl (C=O) groups is 2. The van der Waals surface area contributed by atoms with E-state index in [0.717, 1.165) is 0 Å². The van der Waals surface area contributed by atoms with E-state index in [-0.39, 0.29) is 36.0 Å². The molecule has 1 atom stereocenters. The SMILES string of the molecule is CCOC(=O)C1=C(C)OC(N)=C(C(=O)OCC)[C@H]1c1ccccc1OCC. The van der Waals surface area contributed by atoms with E-state index in [1.54, 1.807) is 39.0 Å². The van der Waals surface area contributed by atoms with Crippen LogP contribution in [0.25, 0.3) is 0 Å². The van der Waals surface area contributed by atoms with Gasteiger partial charge in [-0.25, -0.2) is 9.59 Å². The van der Waals surface area contributed by atoms with Gasteiger partial charge in [-0.2, -0.15) is 0 Å². The van der Waals surface area contributed by atoms with Crippen molar-refractivity contribution < 1.29 is 28.5 Å². The first kappa shape index (κ1) is 20.4. The minimum absolute atomic E-state index is 0.0534. The molecule has 0 saturated heterocycles. The highest BCUT2D eigenvalue weighted by Gasteiger charge is 2.41. The van der Waals surface area contributed by atoms with E-state index in [0.29, 0.717) is 17.9 Å². The Morgan fingerprint density at radius 1 is 1.00 bits per heavy atom. The number of benzene rings is 1. The van der Waals surface area contributed by atoms with Crippen molar-refractivity contribution in [2.24, 2.45) is 5.73 Å². The Morgan fingerprint density at radius 3 is 2.19 bits per heavy atom. The van der Waals surface area contributed by atoms with Crippen LogP contribution in [-0.2, 0) is 23.8 Å². The molecule has 1 aliphatic rings. The van der Waals surface area contributed by atoms with E-state index < -0.39 is 17.9 Å². The first-order valence-corrected chi connectivity index (χ1v) is 8.90. The molecule has 0 aromatic heterocycles. The molecular formula is C20H25NO6. The zero-order valence-corrected chi connectivity index (χ0v) is 16.0. The van der Waals surface area contributed by atoms with Gasteiger partial charge in [0.2, 0.25) is 5.88 Å². The molecule has 7 nitrogen and oxygen atoms in total. The van der Waals surface area contributed by atoms with Gasteiger partial charge in [0.1, 0.15) is 17.1 Å². The normalized spacial score (nSPS) is 16.7. The number of allylic oxidation sites excluding steroid dienone is 1. The summed E-state index contributed by atoms with van der Waals surface area (Å²) in [7, 11) is 0. The van der Waals surface area contributed by atoms with Gasteiger partial charge in [0, 0.05) is 5.56 Å². The molecule has 0 saturated carbocycles. The molecule has 0 spiro atoms. The van der Waals surface area contributed by atoms with Crippen LogP contribution in [-0.4, -0.2) is 31.8 Å². The Kier molecular flexibility index (Phi) is 6.87. The number of para-hydroxylation sites is 1. The minimum Gasteiger partial charge on any atom is -0.494 e. The molecule has 0 radical (unpaired) electrons. The number of esters is 2. The summed E-state index contributed by atoms with van der Waals surface area (Å²) in [4.78, 5) is 25.3. The third kappa shape index (κ3) is 4.24. The zero-order chi connectivity index (χ0) is 20.0. The van der Waals surface area contributed by atoms with E-state index in [1.165, 1.54) is 0 Å². The van der Waals surface area contributed by atoms with E-state index in [2.05, 4.69) is 0 Å². The molecule has 0 fully saturated rings. The minimum atomic E-state index is -0.820. The van der Waals surface area contributed by atoms with Crippen molar-refractivity contribution in [3.8, 4) is 5.75 Å². The van der Waals surface area contributed by atoms with Crippen LogP contribution in [0.2, 0.25) is 0 Å². The number of hydrogen-bond donors (Lipinski definition) is 1. The molecule has 0 aliphatic carbocycles. The average molecular weight is 375 g/mol. The summed E-state index contributed by atoms with van der Waals surface area (Å²) in [5.41, 5.74) is 6.87. The standard InChI is InChI=1S/C20H25NO6/c1-5-24-14-11-9-8-10-13(14)16-15(19(22)25-6-2)12(4)27-18(21)17(16)20(23)26-7-3/h8-11,16H,5-7,21H2,1-4H3/t16-/m0/s1. The van der Waals surface area contributed by atoms with Crippen molar-refractivity contribution >= 4 is 11.9 Å². The first-order chi connectivity index (χ1) is 13.0. The van der Waals surface area contributed by atoms with Crippen molar-refractivity contribution in [1.29, 1.82) is 0 Å². The Balaban J connectivity index is 2.69. The molecule has 7 heteroatoms. The summed E-state index contributed by atoms with van der Waals surface area (Å²) in [5.74, 6) is -1.34. The van der Waals surface area contributed by atoms with Gasteiger partial charge >= 0.3 is 11.9 Å². The number of nitrogens with two attached hydrogens (primary N) is 1. The Labute approximate surface area is 158 Å². The molecule has 146 valence electrons. The maximum Gasteiger partial charge on any atom is 0.340 e. The van der Waals surface area contributed by atoms with Gasteiger partial charge in [-0.3, -0.25) is 0 Å². The summed E-state index contributed by atoms with van der Waals surface area (Å²) < 4.78 is 21.5. The largest absolute Gasteiger partial charge is 0.494 e. The van der Waals surface area contributed by atoms with E-state index in [1.807, 2.05) is 13.0 Å². The van der Waals surface area contributed by atoms with Crippen LogP contribution in [0.3, 0.4) is 0 Å². The number of carbonyl (C=O) groups excluding carboxylic acids is 2. The fourth-order valence-electron chi connectivity index (χ4n) is 2.98. The molecule has 1 aromatic rings. The van der Waals surface area contributed by atoms with Crippen LogP contribution in [0.15, 0.2) is 47.1 Å². The van der Waals surface area contributed by atoms with E-state index >= 15 is 0 Å². The predicted octanol–water partition coefficient (Wildman–Crippen LogP) is 2.77. The van der Waals surface area contributed by atoms with Gasteiger partial charge < -0.3 is 24.7 Å². The fourth-order valence-corrected chi connectivity index (χ4v) is 2.98.